The topological polar surface area (TPSA) is 53.5 Å². The van der Waals surface area contributed by atoms with Gasteiger partial charge in [0.15, 0.2) is 0 Å². The Morgan fingerprint density at radius 3 is 1.84 bits per heavy atom. The first-order chi connectivity index (χ1) is 9.31. The highest BCUT2D eigenvalue weighted by Crippen LogP contribution is 2.28. The van der Waals surface area contributed by atoms with Gasteiger partial charge in [-0.3, -0.25) is 0 Å². The van der Waals surface area contributed by atoms with E-state index in [-0.39, 0.29) is 6.03 Å². The summed E-state index contributed by atoms with van der Waals surface area (Å²) in [4.78, 5) is 11.7. The Morgan fingerprint density at radius 2 is 1.37 bits per heavy atom. The van der Waals surface area contributed by atoms with Gasteiger partial charge in [0.2, 0.25) is 0 Å². The number of carbonyl (C=O) groups is 1. The summed E-state index contributed by atoms with van der Waals surface area (Å²) in [6, 6.07) is 19.3. The summed E-state index contributed by atoms with van der Waals surface area (Å²) in [5.41, 5.74) is 3.62. The number of amides is 2. The van der Waals surface area contributed by atoms with Gasteiger partial charge in [-0.2, -0.15) is 5.10 Å². The Labute approximate surface area is 111 Å². The third-order valence-electron chi connectivity index (χ3n) is 3.19. The molecule has 1 aliphatic rings. The Hall–Kier alpha value is -2.62. The smallest absolute Gasteiger partial charge is 0.318 e. The molecule has 1 aliphatic heterocycles. The summed E-state index contributed by atoms with van der Waals surface area (Å²) in [6.07, 6.45) is 1.72. The van der Waals surface area contributed by atoms with Gasteiger partial charge in [-0.1, -0.05) is 60.7 Å². The van der Waals surface area contributed by atoms with Gasteiger partial charge in [-0.05, 0) is 11.1 Å². The van der Waals surface area contributed by atoms with Gasteiger partial charge in [0, 0.05) is 0 Å². The summed E-state index contributed by atoms with van der Waals surface area (Å²) in [7, 11) is 0. The molecule has 0 atom stereocenters. The van der Waals surface area contributed by atoms with Crippen molar-refractivity contribution < 1.29 is 4.79 Å². The van der Waals surface area contributed by atoms with Gasteiger partial charge in [0.25, 0.3) is 0 Å². The molecule has 0 aromatic heterocycles. The van der Waals surface area contributed by atoms with Gasteiger partial charge in [0.05, 0.1) is 6.21 Å². The average Bonchev–Trinajstić information content (AvgIpc) is 2.49. The molecule has 2 amide bonds. The van der Waals surface area contributed by atoms with E-state index in [1.807, 2.05) is 60.7 Å². The molecule has 4 heteroatoms. The molecule has 2 aromatic rings. The molecule has 0 saturated carbocycles. The second-order valence-electron chi connectivity index (χ2n) is 4.36. The van der Waals surface area contributed by atoms with E-state index in [0.29, 0.717) is 0 Å². The van der Waals surface area contributed by atoms with Crippen LogP contribution < -0.4 is 10.7 Å². The molecule has 0 spiro atoms. The van der Waals surface area contributed by atoms with Crippen molar-refractivity contribution in [1.29, 1.82) is 0 Å². The standard InChI is InChI=1S/C15H13N3O/c19-14-17-15(11-16-18-14,12-7-3-1-4-8-12)13-9-5-2-6-10-13/h1-11H,(H2,17,18,19). The molecule has 0 saturated heterocycles. The molecule has 4 nitrogen and oxygen atoms in total. The molecule has 3 rings (SSSR count). The first-order valence-corrected chi connectivity index (χ1v) is 6.05. The first kappa shape index (κ1) is 11.5. The van der Waals surface area contributed by atoms with Crippen molar-refractivity contribution in [3.8, 4) is 0 Å². The van der Waals surface area contributed by atoms with Crippen LogP contribution in [0.15, 0.2) is 65.8 Å². The largest absolute Gasteiger partial charge is 0.336 e. The van der Waals surface area contributed by atoms with Crippen LogP contribution in [-0.2, 0) is 5.54 Å². The maximum Gasteiger partial charge on any atom is 0.336 e. The van der Waals surface area contributed by atoms with Crippen LogP contribution in [0.25, 0.3) is 0 Å². The number of hydrazone groups is 1. The van der Waals surface area contributed by atoms with E-state index < -0.39 is 5.54 Å². The number of nitrogens with one attached hydrogen (secondary N) is 2. The molecule has 0 aliphatic carbocycles. The van der Waals surface area contributed by atoms with Crippen molar-refractivity contribution in [3.05, 3.63) is 71.8 Å². The van der Waals surface area contributed by atoms with E-state index in [4.69, 9.17) is 0 Å². The molecule has 0 fully saturated rings. The van der Waals surface area contributed by atoms with Crippen LogP contribution in [0.3, 0.4) is 0 Å². The molecule has 2 N–H and O–H groups in total. The molecule has 94 valence electrons. The second-order valence-corrected chi connectivity index (χ2v) is 4.36. The van der Waals surface area contributed by atoms with Gasteiger partial charge < -0.3 is 5.32 Å². The fourth-order valence-electron chi connectivity index (χ4n) is 2.29. The highest BCUT2D eigenvalue weighted by atomic mass is 16.2. The van der Waals surface area contributed by atoms with Crippen molar-refractivity contribution in [2.24, 2.45) is 5.10 Å². The van der Waals surface area contributed by atoms with E-state index in [2.05, 4.69) is 15.8 Å². The van der Waals surface area contributed by atoms with Crippen molar-refractivity contribution >= 4 is 12.2 Å². The average molecular weight is 251 g/mol. The number of hydrogen-bond acceptors (Lipinski definition) is 2. The van der Waals surface area contributed by atoms with Crippen LogP contribution in [0, 0.1) is 0 Å². The normalized spacial score (nSPS) is 16.5. The lowest BCUT2D eigenvalue weighted by Gasteiger charge is -2.34. The summed E-state index contributed by atoms with van der Waals surface area (Å²) in [6.45, 7) is 0. The van der Waals surface area contributed by atoms with Crippen LogP contribution in [0.2, 0.25) is 0 Å². The fraction of sp³-hybridized carbons (Fsp3) is 0.0667. The Kier molecular flexibility index (Phi) is 2.76. The number of carbonyl (C=O) groups excluding carboxylic acids is 1. The van der Waals surface area contributed by atoms with Crippen molar-refractivity contribution in [2.75, 3.05) is 0 Å². The number of nitrogens with zero attached hydrogens (tertiary/aromatic N) is 1. The van der Waals surface area contributed by atoms with E-state index in [0.717, 1.165) is 11.1 Å². The molecule has 0 bridgehead atoms. The molecule has 0 radical (unpaired) electrons. The lowest BCUT2D eigenvalue weighted by Crippen LogP contribution is -2.54. The SMILES string of the molecule is O=C1NN=CC(c2ccccc2)(c2ccccc2)N1. The minimum atomic E-state index is -0.717. The predicted molar refractivity (Wildman–Crippen MR) is 73.8 cm³/mol. The van der Waals surface area contributed by atoms with E-state index >= 15 is 0 Å². The third kappa shape index (κ3) is 1.97. The Bertz CT molecular complexity index is 568. The van der Waals surface area contributed by atoms with Crippen molar-refractivity contribution in [2.45, 2.75) is 5.54 Å². The zero-order valence-electron chi connectivity index (χ0n) is 10.2. The maximum atomic E-state index is 11.7. The number of rotatable bonds is 2. The van der Waals surface area contributed by atoms with Crippen LogP contribution in [0.1, 0.15) is 11.1 Å². The predicted octanol–water partition coefficient (Wildman–Crippen LogP) is 2.23. The molecule has 19 heavy (non-hydrogen) atoms. The van der Waals surface area contributed by atoms with Crippen LogP contribution in [0.5, 0.6) is 0 Å². The minimum Gasteiger partial charge on any atom is -0.318 e. The highest BCUT2D eigenvalue weighted by Gasteiger charge is 2.36. The lowest BCUT2D eigenvalue weighted by atomic mass is 9.83. The monoisotopic (exact) mass is 251 g/mol. The van der Waals surface area contributed by atoms with Gasteiger partial charge in [0.1, 0.15) is 5.54 Å². The van der Waals surface area contributed by atoms with E-state index in [1.54, 1.807) is 6.21 Å². The van der Waals surface area contributed by atoms with Gasteiger partial charge >= 0.3 is 6.03 Å². The van der Waals surface area contributed by atoms with E-state index in [1.165, 1.54) is 0 Å². The summed E-state index contributed by atoms with van der Waals surface area (Å²) in [5.74, 6) is 0. The fourth-order valence-corrected chi connectivity index (χ4v) is 2.29. The minimum absolute atomic E-state index is 0.310. The van der Waals surface area contributed by atoms with Crippen LogP contribution in [0.4, 0.5) is 4.79 Å². The van der Waals surface area contributed by atoms with E-state index in [9.17, 15) is 4.79 Å². The third-order valence-corrected chi connectivity index (χ3v) is 3.19. The molecule has 0 unspecified atom stereocenters. The summed E-state index contributed by atoms with van der Waals surface area (Å²) >= 11 is 0. The number of hydrogen-bond donors (Lipinski definition) is 2. The summed E-state index contributed by atoms with van der Waals surface area (Å²) in [5, 5.41) is 6.94. The number of urea groups is 1. The maximum absolute atomic E-state index is 11.7. The summed E-state index contributed by atoms with van der Waals surface area (Å²) < 4.78 is 0. The first-order valence-electron chi connectivity index (χ1n) is 6.05. The van der Waals surface area contributed by atoms with Gasteiger partial charge in [-0.15, -0.1) is 0 Å². The lowest BCUT2D eigenvalue weighted by molar-refractivity contribution is 0.234. The van der Waals surface area contributed by atoms with Crippen molar-refractivity contribution in [3.63, 3.8) is 0 Å². The van der Waals surface area contributed by atoms with Crippen LogP contribution in [-0.4, -0.2) is 12.2 Å². The number of benzene rings is 2. The Morgan fingerprint density at radius 1 is 0.842 bits per heavy atom. The zero-order valence-corrected chi connectivity index (χ0v) is 10.2. The molecular formula is C15H13N3O. The quantitative estimate of drug-likeness (QED) is 0.845. The van der Waals surface area contributed by atoms with Gasteiger partial charge in [-0.25, -0.2) is 10.2 Å². The molecule has 2 aromatic carbocycles. The highest BCUT2D eigenvalue weighted by molar-refractivity contribution is 5.90. The van der Waals surface area contributed by atoms with Crippen molar-refractivity contribution in [1.82, 2.24) is 10.7 Å². The second kappa shape index (κ2) is 4.57. The zero-order chi connectivity index (χ0) is 13.1. The van der Waals surface area contributed by atoms with Crippen LogP contribution >= 0.6 is 0 Å². The Balaban J connectivity index is 2.19. The molecular weight excluding hydrogens is 238 g/mol. The molecule has 1 heterocycles.